The minimum Gasteiger partial charge on any atom is -0.367 e. The first-order chi connectivity index (χ1) is 10.3. The fraction of sp³-hybridized carbons (Fsp3) is 0.125. The molecule has 0 saturated heterocycles. The molecule has 5 nitrogen and oxygen atoms in total. The molecule has 0 fully saturated rings. The van der Waals surface area contributed by atoms with E-state index in [2.05, 4.69) is 27.5 Å². The van der Waals surface area contributed by atoms with E-state index in [1.165, 1.54) is 5.56 Å². The highest BCUT2D eigenvalue weighted by atomic mass is 16.1. The van der Waals surface area contributed by atoms with Crippen LogP contribution in [0.4, 0.5) is 0 Å². The van der Waals surface area contributed by atoms with Gasteiger partial charge >= 0.3 is 0 Å². The Bertz CT molecular complexity index is 684. The molecule has 0 unspecified atom stereocenters. The average molecular weight is 280 g/mol. The van der Waals surface area contributed by atoms with Crippen molar-refractivity contribution in [1.82, 2.24) is 20.1 Å². The summed E-state index contributed by atoms with van der Waals surface area (Å²) < 4.78 is 1.82. The fourth-order valence-electron chi connectivity index (χ4n) is 2.12. The lowest BCUT2D eigenvalue weighted by Gasteiger charge is -2.06. The van der Waals surface area contributed by atoms with E-state index in [1.807, 2.05) is 29.1 Å². The first-order valence-electron chi connectivity index (χ1n) is 6.83. The Morgan fingerprint density at radius 1 is 1.24 bits per heavy atom. The first-order valence-corrected chi connectivity index (χ1v) is 6.83. The van der Waals surface area contributed by atoms with Crippen molar-refractivity contribution in [2.45, 2.75) is 6.42 Å². The van der Waals surface area contributed by atoms with E-state index in [0.29, 0.717) is 12.1 Å². The van der Waals surface area contributed by atoms with Crippen LogP contribution in [0.2, 0.25) is 0 Å². The van der Waals surface area contributed by atoms with Crippen molar-refractivity contribution in [2.24, 2.45) is 0 Å². The van der Waals surface area contributed by atoms with Crippen LogP contribution in [0.5, 0.6) is 0 Å². The topological polar surface area (TPSA) is 62.7 Å². The van der Waals surface area contributed by atoms with Crippen LogP contribution in [-0.2, 0) is 6.42 Å². The van der Waals surface area contributed by atoms with E-state index >= 15 is 0 Å². The minimum atomic E-state index is -0.0515. The summed E-state index contributed by atoms with van der Waals surface area (Å²) in [5.74, 6) is -0.0515. The molecule has 3 rings (SSSR count). The summed E-state index contributed by atoms with van der Waals surface area (Å²) in [6, 6.07) is 11.8. The van der Waals surface area contributed by atoms with Gasteiger partial charge in [-0.25, -0.2) is 4.68 Å². The second-order valence-corrected chi connectivity index (χ2v) is 4.72. The van der Waals surface area contributed by atoms with Crippen molar-refractivity contribution in [3.8, 4) is 5.69 Å². The number of hydrogen-bond donors (Lipinski definition) is 2. The van der Waals surface area contributed by atoms with Gasteiger partial charge in [0.15, 0.2) is 0 Å². The largest absolute Gasteiger partial charge is 0.367 e. The molecule has 0 radical (unpaired) electrons. The molecule has 21 heavy (non-hydrogen) atoms. The minimum absolute atomic E-state index is 0.0515. The number of carbonyl (C=O) groups excluding carboxylic acids is 1. The van der Waals surface area contributed by atoms with E-state index in [1.54, 1.807) is 24.7 Å². The van der Waals surface area contributed by atoms with Gasteiger partial charge in [-0.1, -0.05) is 12.1 Å². The molecule has 106 valence electrons. The summed E-state index contributed by atoms with van der Waals surface area (Å²) in [7, 11) is 0. The second kappa shape index (κ2) is 6.09. The van der Waals surface area contributed by atoms with Crippen molar-refractivity contribution >= 4 is 5.91 Å². The summed E-state index contributed by atoms with van der Waals surface area (Å²) in [4.78, 5) is 14.6. The lowest BCUT2D eigenvalue weighted by atomic mass is 10.1. The van der Waals surface area contributed by atoms with Crippen LogP contribution in [0.25, 0.3) is 5.69 Å². The van der Waals surface area contributed by atoms with Crippen LogP contribution in [0.3, 0.4) is 0 Å². The Morgan fingerprint density at radius 3 is 2.76 bits per heavy atom. The number of amides is 1. The molecule has 0 atom stereocenters. The van der Waals surface area contributed by atoms with Gasteiger partial charge in [0.05, 0.1) is 11.3 Å². The number of aromatic nitrogens is 3. The molecule has 0 saturated carbocycles. The number of nitrogens with zero attached hydrogens (tertiary/aromatic N) is 2. The molecule has 0 aliphatic carbocycles. The quantitative estimate of drug-likeness (QED) is 0.752. The van der Waals surface area contributed by atoms with Crippen molar-refractivity contribution < 1.29 is 4.79 Å². The second-order valence-electron chi connectivity index (χ2n) is 4.72. The zero-order chi connectivity index (χ0) is 14.5. The van der Waals surface area contributed by atoms with Gasteiger partial charge in [-0.15, -0.1) is 0 Å². The third-order valence-corrected chi connectivity index (χ3v) is 3.26. The standard InChI is InChI=1S/C16H16N4O/c21-16(14-7-9-17-12-14)18-10-6-13-2-4-15(5-3-13)20-11-1-8-19-20/h1-5,7-9,11-12,17H,6,10H2,(H,18,21). The Kier molecular flexibility index (Phi) is 3.82. The van der Waals surface area contributed by atoms with Crippen LogP contribution in [-0.4, -0.2) is 27.2 Å². The summed E-state index contributed by atoms with van der Waals surface area (Å²) in [5.41, 5.74) is 2.87. The van der Waals surface area contributed by atoms with E-state index in [9.17, 15) is 4.79 Å². The first kappa shape index (κ1) is 13.2. The Hall–Kier alpha value is -2.82. The van der Waals surface area contributed by atoms with Gasteiger partial charge in [-0.05, 0) is 36.2 Å². The molecular formula is C16H16N4O. The number of H-pyrrole nitrogens is 1. The predicted octanol–water partition coefficient (Wildman–Crippen LogP) is 2.17. The summed E-state index contributed by atoms with van der Waals surface area (Å²) in [6.45, 7) is 0.616. The zero-order valence-corrected chi connectivity index (χ0v) is 11.5. The molecule has 2 heterocycles. The summed E-state index contributed by atoms with van der Waals surface area (Å²) >= 11 is 0. The van der Waals surface area contributed by atoms with Gasteiger partial charge in [0.25, 0.3) is 5.91 Å². The average Bonchev–Trinajstić information content (AvgIpc) is 3.21. The van der Waals surface area contributed by atoms with Crippen molar-refractivity contribution in [1.29, 1.82) is 0 Å². The Balaban J connectivity index is 1.53. The third kappa shape index (κ3) is 3.20. The van der Waals surface area contributed by atoms with Crippen LogP contribution >= 0.6 is 0 Å². The smallest absolute Gasteiger partial charge is 0.252 e. The molecule has 0 spiro atoms. The number of rotatable bonds is 5. The molecule has 1 aromatic carbocycles. The van der Waals surface area contributed by atoms with Gasteiger partial charge in [-0.2, -0.15) is 5.10 Å². The molecule has 0 bridgehead atoms. The lowest BCUT2D eigenvalue weighted by molar-refractivity contribution is 0.0954. The van der Waals surface area contributed by atoms with Crippen LogP contribution in [0.15, 0.2) is 61.2 Å². The molecule has 2 aromatic heterocycles. The van der Waals surface area contributed by atoms with Crippen LogP contribution in [0, 0.1) is 0 Å². The maximum absolute atomic E-state index is 11.8. The van der Waals surface area contributed by atoms with Crippen LogP contribution in [0.1, 0.15) is 15.9 Å². The molecular weight excluding hydrogens is 264 g/mol. The fourth-order valence-corrected chi connectivity index (χ4v) is 2.12. The molecule has 3 aromatic rings. The lowest BCUT2D eigenvalue weighted by Crippen LogP contribution is -2.25. The van der Waals surface area contributed by atoms with E-state index in [4.69, 9.17) is 0 Å². The number of carbonyl (C=O) groups is 1. The van der Waals surface area contributed by atoms with Gasteiger partial charge in [0.1, 0.15) is 0 Å². The van der Waals surface area contributed by atoms with E-state index in [-0.39, 0.29) is 5.91 Å². The summed E-state index contributed by atoms with van der Waals surface area (Å²) in [5, 5.41) is 7.09. The zero-order valence-electron chi connectivity index (χ0n) is 11.5. The van der Waals surface area contributed by atoms with Gasteiger partial charge in [0.2, 0.25) is 0 Å². The predicted molar refractivity (Wildman–Crippen MR) is 80.4 cm³/mol. The van der Waals surface area contributed by atoms with Crippen molar-refractivity contribution in [3.05, 3.63) is 72.3 Å². The molecule has 5 heteroatoms. The number of aromatic amines is 1. The maximum Gasteiger partial charge on any atom is 0.252 e. The van der Waals surface area contributed by atoms with Gasteiger partial charge in [0, 0.05) is 31.3 Å². The van der Waals surface area contributed by atoms with Gasteiger partial charge < -0.3 is 10.3 Å². The molecule has 2 N–H and O–H groups in total. The number of benzene rings is 1. The van der Waals surface area contributed by atoms with Gasteiger partial charge in [-0.3, -0.25) is 4.79 Å². The van der Waals surface area contributed by atoms with E-state index < -0.39 is 0 Å². The Labute approximate surface area is 122 Å². The molecule has 0 aliphatic rings. The monoisotopic (exact) mass is 280 g/mol. The number of hydrogen-bond acceptors (Lipinski definition) is 2. The van der Waals surface area contributed by atoms with Crippen molar-refractivity contribution in [3.63, 3.8) is 0 Å². The number of nitrogens with one attached hydrogen (secondary N) is 2. The van der Waals surface area contributed by atoms with E-state index in [0.717, 1.165) is 12.1 Å². The summed E-state index contributed by atoms with van der Waals surface area (Å²) in [6.07, 6.45) is 7.89. The molecule has 1 amide bonds. The SMILES string of the molecule is O=C(NCCc1ccc(-n2cccn2)cc1)c1cc[nH]c1. The third-order valence-electron chi connectivity index (χ3n) is 3.26. The normalized spacial score (nSPS) is 10.5. The highest BCUT2D eigenvalue weighted by Gasteiger charge is 2.04. The van der Waals surface area contributed by atoms with Crippen LogP contribution < -0.4 is 5.32 Å². The highest BCUT2D eigenvalue weighted by Crippen LogP contribution is 2.09. The Morgan fingerprint density at radius 2 is 2.10 bits per heavy atom. The maximum atomic E-state index is 11.8. The van der Waals surface area contributed by atoms with Crippen molar-refractivity contribution in [2.75, 3.05) is 6.54 Å². The molecule has 0 aliphatic heterocycles. The highest BCUT2D eigenvalue weighted by molar-refractivity contribution is 5.93.